The summed E-state index contributed by atoms with van der Waals surface area (Å²) >= 11 is 0. The van der Waals surface area contributed by atoms with Crippen LogP contribution in [0.3, 0.4) is 0 Å². The normalized spacial score (nSPS) is 13.6. The molecule has 0 unspecified atom stereocenters. The van der Waals surface area contributed by atoms with Crippen molar-refractivity contribution in [1.29, 1.82) is 0 Å². The first-order chi connectivity index (χ1) is 15.6. The molecule has 162 valence electrons. The van der Waals surface area contributed by atoms with Crippen molar-refractivity contribution in [3.05, 3.63) is 89.0 Å². The van der Waals surface area contributed by atoms with Crippen molar-refractivity contribution in [2.75, 3.05) is 26.1 Å². The summed E-state index contributed by atoms with van der Waals surface area (Å²) in [7, 11) is 3.12. The van der Waals surface area contributed by atoms with Crippen LogP contribution in [0.15, 0.2) is 72.3 Å². The van der Waals surface area contributed by atoms with Crippen LogP contribution in [0, 0.1) is 0 Å². The highest BCUT2D eigenvalue weighted by molar-refractivity contribution is 6.15. The second-order valence-electron chi connectivity index (χ2n) is 7.31. The number of fused-ring (bicyclic) bond motifs is 1. The number of methoxy groups -OCH3 is 2. The summed E-state index contributed by atoms with van der Waals surface area (Å²) in [4.78, 5) is 24.8. The smallest absolute Gasteiger partial charge is 0.262 e. The van der Waals surface area contributed by atoms with E-state index in [4.69, 9.17) is 14.2 Å². The molecule has 0 saturated carbocycles. The molecule has 6 heteroatoms. The molecule has 1 N–H and O–H groups in total. The van der Waals surface area contributed by atoms with E-state index in [9.17, 15) is 9.59 Å². The van der Waals surface area contributed by atoms with E-state index in [-0.39, 0.29) is 18.3 Å². The van der Waals surface area contributed by atoms with E-state index in [1.54, 1.807) is 43.5 Å². The number of hydrogen-bond acceptors (Lipinski definition) is 5. The quantitative estimate of drug-likeness (QED) is 0.558. The summed E-state index contributed by atoms with van der Waals surface area (Å²) in [6.45, 7) is -0.170. The summed E-state index contributed by atoms with van der Waals surface area (Å²) in [6.07, 6.45) is 2.48. The lowest BCUT2D eigenvalue weighted by atomic mass is 10.1. The second kappa shape index (κ2) is 9.39. The lowest BCUT2D eigenvalue weighted by molar-refractivity contribution is -0.118. The second-order valence-corrected chi connectivity index (χ2v) is 7.31. The number of allylic oxidation sites excluding steroid dienone is 1. The average Bonchev–Trinajstić information content (AvgIpc) is 3.13. The van der Waals surface area contributed by atoms with Gasteiger partial charge in [-0.1, -0.05) is 30.3 Å². The molecule has 6 nitrogen and oxygen atoms in total. The van der Waals surface area contributed by atoms with Crippen molar-refractivity contribution in [1.82, 2.24) is 0 Å². The minimum absolute atomic E-state index is 0.0510. The number of carbonyl (C=O) groups is 2. The Morgan fingerprint density at radius 1 is 0.969 bits per heavy atom. The molecule has 0 saturated heterocycles. The molecule has 0 bridgehead atoms. The molecule has 0 aromatic heterocycles. The van der Waals surface area contributed by atoms with Gasteiger partial charge in [-0.2, -0.15) is 0 Å². The number of amides is 1. The zero-order chi connectivity index (χ0) is 22.5. The molecule has 0 spiro atoms. The number of ether oxygens (including phenoxy) is 3. The fourth-order valence-corrected chi connectivity index (χ4v) is 3.58. The summed E-state index contributed by atoms with van der Waals surface area (Å²) in [5.74, 6) is 1.40. The van der Waals surface area contributed by atoms with E-state index in [0.717, 1.165) is 22.3 Å². The molecule has 0 fully saturated rings. The highest BCUT2D eigenvalue weighted by Gasteiger charge is 2.24. The molecule has 3 aromatic carbocycles. The van der Waals surface area contributed by atoms with Gasteiger partial charge in [0.25, 0.3) is 5.91 Å². The zero-order valence-electron chi connectivity index (χ0n) is 17.9. The number of rotatable bonds is 7. The number of Topliss-reactive ketones (excluding diaryl/α,β-unsaturated/α-hetero) is 1. The first kappa shape index (κ1) is 21.2. The standard InChI is InChI=1S/C26H23NO5/c1-30-21-10-8-20(9-11-21)27-25(28)16-32-23-12-7-17(14-24(23)31-2)13-19-15-18-5-3-4-6-22(18)26(19)29/h3-14H,15-16H2,1-2H3,(H,27,28)/b19-13+. The van der Waals surface area contributed by atoms with Gasteiger partial charge in [0.2, 0.25) is 0 Å². The van der Waals surface area contributed by atoms with Crippen LogP contribution in [0.4, 0.5) is 5.69 Å². The molecule has 0 aliphatic heterocycles. The third-order valence-electron chi connectivity index (χ3n) is 5.20. The van der Waals surface area contributed by atoms with Crippen LogP contribution in [0.2, 0.25) is 0 Å². The Hall–Kier alpha value is -4.06. The van der Waals surface area contributed by atoms with Crippen molar-refractivity contribution in [2.45, 2.75) is 6.42 Å². The first-order valence-corrected chi connectivity index (χ1v) is 10.2. The minimum atomic E-state index is -0.294. The van der Waals surface area contributed by atoms with Crippen LogP contribution in [0.1, 0.15) is 21.5 Å². The Morgan fingerprint density at radius 3 is 2.47 bits per heavy atom. The van der Waals surface area contributed by atoms with Crippen LogP contribution in [0.5, 0.6) is 17.2 Å². The summed E-state index contributed by atoms with van der Waals surface area (Å²) in [5.41, 5.74) is 4.01. The van der Waals surface area contributed by atoms with Gasteiger partial charge in [0.1, 0.15) is 5.75 Å². The lowest BCUT2D eigenvalue weighted by Crippen LogP contribution is -2.20. The van der Waals surface area contributed by atoms with Gasteiger partial charge in [-0.25, -0.2) is 0 Å². The van der Waals surface area contributed by atoms with Gasteiger partial charge in [-0.05, 0) is 53.6 Å². The fraction of sp³-hybridized carbons (Fsp3) is 0.154. The molecule has 3 aromatic rings. The van der Waals surface area contributed by atoms with Crippen molar-refractivity contribution >= 4 is 23.5 Å². The molecular weight excluding hydrogens is 406 g/mol. The van der Waals surface area contributed by atoms with E-state index in [1.807, 2.05) is 36.4 Å². The van der Waals surface area contributed by atoms with E-state index in [1.165, 1.54) is 7.11 Å². The molecule has 0 radical (unpaired) electrons. The van der Waals surface area contributed by atoms with E-state index in [0.29, 0.717) is 29.4 Å². The van der Waals surface area contributed by atoms with Gasteiger partial charge in [0, 0.05) is 23.2 Å². The molecule has 1 aliphatic carbocycles. The van der Waals surface area contributed by atoms with E-state index < -0.39 is 0 Å². The Kier molecular flexibility index (Phi) is 6.22. The van der Waals surface area contributed by atoms with Crippen molar-refractivity contribution in [3.63, 3.8) is 0 Å². The maximum Gasteiger partial charge on any atom is 0.262 e. The van der Waals surface area contributed by atoms with Crippen LogP contribution in [0.25, 0.3) is 6.08 Å². The van der Waals surface area contributed by atoms with Crippen LogP contribution in [-0.4, -0.2) is 32.5 Å². The number of benzene rings is 3. The van der Waals surface area contributed by atoms with Gasteiger partial charge >= 0.3 is 0 Å². The maximum atomic E-state index is 12.6. The Balaban J connectivity index is 1.41. The third-order valence-corrected chi connectivity index (χ3v) is 5.20. The summed E-state index contributed by atoms with van der Waals surface area (Å²) in [6, 6.07) is 20.0. The lowest BCUT2D eigenvalue weighted by Gasteiger charge is -2.12. The largest absolute Gasteiger partial charge is 0.497 e. The SMILES string of the molecule is COc1ccc(NC(=O)COc2ccc(/C=C3\Cc4ccccc4C3=O)cc2OC)cc1. The minimum Gasteiger partial charge on any atom is -0.497 e. The topological polar surface area (TPSA) is 73.9 Å². The Morgan fingerprint density at radius 2 is 1.75 bits per heavy atom. The van der Waals surface area contributed by atoms with Gasteiger partial charge in [-0.3, -0.25) is 9.59 Å². The third kappa shape index (κ3) is 4.64. The number of ketones is 1. The maximum absolute atomic E-state index is 12.6. The highest BCUT2D eigenvalue weighted by Crippen LogP contribution is 2.31. The zero-order valence-corrected chi connectivity index (χ0v) is 17.9. The summed E-state index contributed by atoms with van der Waals surface area (Å²) in [5, 5.41) is 2.77. The van der Waals surface area contributed by atoms with Gasteiger partial charge in [0.15, 0.2) is 23.9 Å². The predicted molar refractivity (Wildman–Crippen MR) is 123 cm³/mol. The van der Waals surface area contributed by atoms with Gasteiger partial charge < -0.3 is 19.5 Å². The monoisotopic (exact) mass is 429 g/mol. The van der Waals surface area contributed by atoms with E-state index >= 15 is 0 Å². The molecule has 32 heavy (non-hydrogen) atoms. The van der Waals surface area contributed by atoms with Crippen molar-refractivity contribution in [3.8, 4) is 17.2 Å². The molecule has 0 heterocycles. The van der Waals surface area contributed by atoms with Gasteiger partial charge in [-0.15, -0.1) is 0 Å². The molecule has 0 atom stereocenters. The number of nitrogens with one attached hydrogen (secondary N) is 1. The molecule has 4 rings (SSSR count). The Labute approximate surface area is 186 Å². The highest BCUT2D eigenvalue weighted by atomic mass is 16.5. The number of hydrogen-bond donors (Lipinski definition) is 1. The van der Waals surface area contributed by atoms with Crippen LogP contribution in [-0.2, 0) is 11.2 Å². The van der Waals surface area contributed by atoms with Crippen molar-refractivity contribution in [2.24, 2.45) is 0 Å². The Bertz CT molecular complexity index is 1180. The molecule has 1 amide bonds. The molecule has 1 aliphatic rings. The first-order valence-electron chi connectivity index (χ1n) is 10.2. The molecular formula is C26H23NO5. The number of anilines is 1. The van der Waals surface area contributed by atoms with Gasteiger partial charge in [0.05, 0.1) is 14.2 Å². The van der Waals surface area contributed by atoms with Crippen LogP contribution < -0.4 is 19.5 Å². The van der Waals surface area contributed by atoms with E-state index in [2.05, 4.69) is 5.32 Å². The fourth-order valence-electron chi connectivity index (χ4n) is 3.58. The van der Waals surface area contributed by atoms with Crippen LogP contribution >= 0.6 is 0 Å². The average molecular weight is 429 g/mol. The number of carbonyl (C=O) groups excluding carboxylic acids is 2. The predicted octanol–water partition coefficient (Wildman–Crippen LogP) is 4.54. The van der Waals surface area contributed by atoms with Crippen molar-refractivity contribution < 1.29 is 23.8 Å². The summed E-state index contributed by atoms with van der Waals surface area (Å²) < 4.78 is 16.2.